The molecule has 20 heavy (non-hydrogen) atoms. The monoisotopic (exact) mass is 279 g/mol. The Kier molecular flexibility index (Phi) is 6.18. The summed E-state index contributed by atoms with van der Waals surface area (Å²) >= 11 is 0. The van der Waals surface area contributed by atoms with Gasteiger partial charge in [-0.3, -0.25) is 14.9 Å². The summed E-state index contributed by atoms with van der Waals surface area (Å²) in [6.45, 7) is 3.51. The van der Waals surface area contributed by atoms with Crippen molar-refractivity contribution in [3.05, 3.63) is 35.4 Å². The van der Waals surface area contributed by atoms with Gasteiger partial charge in [0.1, 0.15) is 12.1 Å². The van der Waals surface area contributed by atoms with E-state index < -0.39 is 24.0 Å². The second-order valence-corrected chi connectivity index (χ2v) is 4.83. The van der Waals surface area contributed by atoms with Gasteiger partial charge < -0.3 is 10.2 Å². The van der Waals surface area contributed by atoms with Gasteiger partial charge in [-0.25, -0.2) is 0 Å². The second-order valence-electron chi connectivity index (χ2n) is 4.83. The number of benzene rings is 1. The van der Waals surface area contributed by atoms with Crippen LogP contribution in [0.3, 0.4) is 0 Å². The summed E-state index contributed by atoms with van der Waals surface area (Å²) in [5.41, 5.74) is 2.29. The molecule has 0 bridgehead atoms. The van der Waals surface area contributed by atoms with Crippen molar-refractivity contribution in [3.8, 4) is 0 Å². The number of nitrogens with one attached hydrogen (secondary N) is 1. The first-order valence-electron chi connectivity index (χ1n) is 6.73. The smallest absolute Gasteiger partial charge is 0.320 e. The Labute approximate surface area is 118 Å². The van der Waals surface area contributed by atoms with Gasteiger partial charge in [0.25, 0.3) is 0 Å². The highest BCUT2D eigenvalue weighted by atomic mass is 16.4. The number of rotatable bonds is 8. The maximum atomic E-state index is 11.1. The number of hydrogen-bond donors (Lipinski definition) is 3. The van der Waals surface area contributed by atoms with Crippen LogP contribution >= 0.6 is 0 Å². The molecule has 0 aliphatic heterocycles. The van der Waals surface area contributed by atoms with Crippen molar-refractivity contribution >= 4 is 11.9 Å². The molecular weight excluding hydrogens is 258 g/mol. The van der Waals surface area contributed by atoms with E-state index in [-0.39, 0.29) is 0 Å². The van der Waals surface area contributed by atoms with Crippen molar-refractivity contribution < 1.29 is 19.8 Å². The lowest BCUT2D eigenvalue weighted by Gasteiger charge is -2.17. The maximum absolute atomic E-state index is 11.1. The molecule has 0 saturated heterocycles. The van der Waals surface area contributed by atoms with Gasteiger partial charge in [-0.05, 0) is 37.3 Å². The number of carboxylic acid groups (broad SMARTS) is 2. The normalized spacial score (nSPS) is 13.7. The number of aryl methyl sites for hydroxylation is 2. The van der Waals surface area contributed by atoms with E-state index in [9.17, 15) is 9.59 Å². The molecule has 0 spiro atoms. The zero-order chi connectivity index (χ0) is 15.1. The lowest BCUT2D eigenvalue weighted by molar-refractivity contribution is -0.142. The van der Waals surface area contributed by atoms with Crippen molar-refractivity contribution in [2.45, 2.75) is 45.2 Å². The van der Waals surface area contributed by atoms with E-state index in [4.69, 9.17) is 10.2 Å². The van der Waals surface area contributed by atoms with Gasteiger partial charge in [-0.2, -0.15) is 0 Å². The molecule has 1 aromatic rings. The zero-order valence-corrected chi connectivity index (χ0v) is 11.8. The second kappa shape index (κ2) is 7.65. The molecule has 5 heteroatoms. The fraction of sp³-hybridized carbons (Fsp3) is 0.467. The molecule has 0 amide bonds. The molecule has 0 aliphatic carbocycles. The first kappa shape index (κ1) is 16.2. The predicted molar refractivity (Wildman–Crippen MR) is 75.8 cm³/mol. The first-order chi connectivity index (χ1) is 9.43. The minimum absolute atomic E-state index is 0.360. The number of hydrogen-bond acceptors (Lipinski definition) is 3. The molecule has 0 saturated carbocycles. The number of carbonyl (C=O) groups is 2. The third kappa shape index (κ3) is 5.01. The van der Waals surface area contributed by atoms with E-state index in [1.807, 2.05) is 24.3 Å². The van der Waals surface area contributed by atoms with Crippen LogP contribution in [0, 0.1) is 0 Å². The maximum Gasteiger partial charge on any atom is 0.320 e. The van der Waals surface area contributed by atoms with E-state index in [0.717, 1.165) is 12.0 Å². The molecule has 0 aliphatic rings. The van der Waals surface area contributed by atoms with Crippen LogP contribution in [-0.4, -0.2) is 34.2 Å². The largest absolute Gasteiger partial charge is 0.480 e. The fourth-order valence-corrected chi connectivity index (χ4v) is 1.90. The Hall–Kier alpha value is -1.88. The molecule has 0 aromatic heterocycles. The molecule has 0 fully saturated rings. The molecule has 3 N–H and O–H groups in total. The molecule has 0 unspecified atom stereocenters. The van der Waals surface area contributed by atoms with Crippen molar-refractivity contribution in [1.29, 1.82) is 0 Å². The van der Waals surface area contributed by atoms with Crippen molar-refractivity contribution in [1.82, 2.24) is 5.32 Å². The van der Waals surface area contributed by atoms with E-state index in [2.05, 4.69) is 12.2 Å². The van der Waals surface area contributed by atoms with Gasteiger partial charge in [0.15, 0.2) is 0 Å². The van der Waals surface area contributed by atoms with Crippen molar-refractivity contribution in [3.63, 3.8) is 0 Å². The highest BCUT2D eigenvalue weighted by Crippen LogP contribution is 2.09. The van der Waals surface area contributed by atoms with Gasteiger partial charge in [0.05, 0.1) is 0 Å². The molecule has 0 heterocycles. The van der Waals surface area contributed by atoms with Gasteiger partial charge in [0.2, 0.25) is 0 Å². The molecule has 5 nitrogen and oxygen atoms in total. The highest BCUT2D eigenvalue weighted by molar-refractivity contribution is 5.77. The molecule has 1 rings (SSSR count). The van der Waals surface area contributed by atoms with Crippen LogP contribution in [0.2, 0.25) is 0 Å². The van der Waals surface area contributed by atoms with Gasteiger partial charge in [-0.15, -0.1) is 0 Å². The third-order valence-electron chi connectivity index (χ3n) is 3.27. The van der Waals surface area contributed by atoms with Crippen molar-refractivity contribution in [2.75, 3.05) is 0 Å². The quantitative estimate of drug-likeness (QED) is 0.674. The van der Waals surface area contributed by atoms with Crippen LogP contribution in [0.25, 0.3) is 0 Å². The Morgan fingerprint density at radius 3 is 2.10 bits per heavy atom. The summed E-state index contributed by atoms with van der Waals surface area (Å²) in [6.07, 6.45) is 1.93. The summed E-state index contributed by atoms with van der Waals surface area (Å²) in [5.74, 6) is -2.08. The number of aliphatic carboxylic acids is 2. The van der Waals surface area contributed by atoms with Gasteiger partial charge >= 0.3 is 11.9 Å². The SMILES string of the molecule is CCc1ccc(CC[C@H](N[C@H](C)C(=O)O)C(=O)O)cc1. The van der Waals surface area contributed by atoms with Crippen LogP contribution in [-0.2, 0) is 22.4 Å². The average molecular weight is 279 g/mol. The summed E-state index contributed by atoms with van der Waals surface area (Å²) in [7, 11) is 0. The zero-order valence-electron chi connectivity index (χ0n) is 11.8. The third-order valence-corrected chi connectivity index (χ3v) is 3.27. The fourth-order valence-electron chi connectivity index (χ4n) is 1.90. The first-order valence-corrected chi connectivity index (χ1v) is 6.73. The summed E-state index contributed by atoms with van der Waals surface area (Å²) < 4.78 is 0. The summed E-state index contributed by atoms with van der Waals surface area (Å²) in [6, 6.07) is 6.29. The van der Waals surface area contributed by atoms with Gasteiger partial charge in [-0.1, -0.05) is 31.2 Å². The highest BCUT2D eigenvalue weighted by Gasteiger charge is 2.22. The Balaban J connectivity index is 2.57. The molecule has 1 aromatic carbocycles. The lowest BCUT2D eigenvalue weighted by Crippen LogP contribution is -2.45. The number of carboxylic acids is 2. The molecule has 0 radical (unpaired) electrons. The molecule has 110 valence electrons. The topological polar surface area (TPSA) is 86.6 Å². The van der Waals surface area contributed by atoms with E-state index in [1.165, 1.54) is 12.5 Å². The van der Waals surface area contributed by atoms with Gasteiger partial charge in [0, 0.05) is 0 Å². The van der Waals surface area contributed by atoms with Crippen LogP contribution in [0.15, 0.2) is 24.3 Å². The minimum atomic E-state index is -1.05. The summed E-state index contributed by atoms with van der Waals surface area (Å²) in [4.78, 5) is 21.9. The summed E-state index contributed by atoms with van der Waals surface area (Å²) in [5, 5.41) is 20.5. The Bertz CT molecular complexity index is 455. The van der Waals surface area contributed by atoms with Crippen molar-refractivity contribution in [2.24, 2.45) is 0 Å². The molecule has 2 atom stereocenters. The standard InChI is InChI=1S/C15H21NO4/c1-3-11-4-6-12(7-5-11)8-9-13(15(19)20)16-10(2)14(17)18/h4-7,10,13,16H,3,8-9H2,1-2H3,(H,17,18)(H,19,20)/t10-,13+/m1/s1. The van der Waals surface area contributed by atoms with Crippen LogP contribution < -0.4 is 5.32 Å². The Morgan fingerprint density at radius 2 is 1.65 bits per heavy atom. The van der Waals surface area contributed by atoms with E-state index >= 15 is 0 Å². The van der Waals surface area contributed by atoms with E-state index in [0.29, 0.717) is 12.8 Å². The van der Waals surface area contributed by atoms with Crippen LogP contribution in [0.4, 0.5) is 0 Å². The average Bonchev–Trinajstić information content (AvgIpc) is 2.43. The molecular formula is C15H21NO4. The van der Waals surface area contributed by atoms with E-state index in [1.54, 1.807) is 0 Å². The van der Waals surface area contributed by atoms with Crippen LogP contribution in [0.5, 0.6) is 0 Å². The van der Waals surface area contributed by atoms with Crippen LogP contribution in [0.1, 0.15) is 31.4 Å². The Morgan fingerprint density at radius 1 is 1.10 bits per heavy atom. The predicted octanol–water partition coefficient (Wildman–Crippen LogP) is 1.70. The minimum Gasteiger partial charge on any atom is -0.480 e. The lowest BCUT2D eigenvalue weighted by atomic mass is 10.0.